The molecule has 0 heterocycles. The number of hydrogen-bond acceptors (Lipinski definition) is 16. The van der Waals surface area contributed by atoms with Crippen molar-refractivity contribution >= 4 is 34.0 Å². The summed E-state index contributed by atoms with van der Waals surface area (Å²) in [5, 5.41) is 35.6. The van der Waals surface area contributed by atoms with Gasteiger partial charge in [-0.1, -0.05) is 0 Å². The van der Waals surface area contributed by atoms with Gasteiger partial charge < -0.3 is 69.2 Å². The molecule has 0 rings (SSSR count). The summed E-state index contributed by atoms with van der Waals surface area (Å²) in [6.07, 6.45) is 0. The van der Waals surface area contributed by atoms with Crippen molar-refractivity contribution in [1.82, 2.24) is 19.6 Å². The monoisotopic (exact) mass is 752 g/mol. The van der Waals surface area contributed by atoms with E-state index in [-0.39, 0.29) is 39.0 Å². The van der Waals surface area contributed by atoms with Crippen LogP contribution >= 0.6 is 0 Å². The SMILES string of the molecule is CC(=O)[O-].CC(=O)[O-].CC(=O)[O-].CC(=O)[O-].CN(C)CCN(C)C.CN(C)CCN(C)C.O=S(=O)([O-])C(F)(F)F.[Co+3].[Co+3].[OH-]. The van der Waals surface area contributed by atoms with Gasteiger partial charge in [-0.3, -0.25) is 0 Å². The molecule has 43 heavy (non-hydrogen) atoms. The predicted molar refractivity (Wildman–Crippen MR) is 135 cm³/mol. The van der Waals surface area contributed by atoms with Crippen LogP contribution in [0.1, 0.15) is 27.7 Å². The van der Waals surface area contributed by atoms with Gasteiger partial charge in [-0.15, -0.1) is 0 Å². The third-order valence-electron chi connectivity index (χ3n) is 2.27. The number of nitrogens with zero attached hydrogens (tertiary/aromatic N) is 4. The molecule has 1 N–H and O–H groups in total. The number of carbonyl (C=O) groups is 4. The maximum atomic E-state index is 10.7. The number of halogens is 3. The number of rotatable bonds is 6. The van der Waals surface area contributed by atoms with Gasteiger partial charge in [0.1, 0.15) is 0 Å². The summed E-state index contributed by atoms with van der Waals surface area (Å²) >= 11 is 0. The Labute approximate surface area is 273 Å². The fourth-order valence-electron chi connectivity index (χ4n) is 0.800. The maximum absolute atomic E-state index is 10.7. The van der Waals surface area contributed by atoms with E-state index in [4.69, 9.17) is 52.6 Å². The van der Waals surface area contributed by atoms with Crippen molar-refractivity contribution in [3.63, 3.8) is 0 Å². The van der Waals surface area contributed by atoms with Crippen molar-refractivity contribution in [1.29, 1.82) is 0 Å². The van der Waals surface area contributed by atoms with Crippen LogP contribution in [-0.4, -0.2) is 150 Å². The summed E-state index contributed by atoms with van der Waals surface area (Å²) in [4.78, 5) is 44.3. The van der Waals surface area contributed by atoms with Gasteiger partial charge in [0.05, 0.1) is 0 Å². The minimum Gasteiger partial charge on any atom is -0.870 e. The van der Waals surface area contributed by atoms with E-state index in [0.29, 0.717) is 0 Å². The minimum absolute atomic E-state index is 0. The van der Waals surface area contributed by atoms with Crippen molar-refractivity contribution in [3.05, 3.63) is 0 Å². The molecule has 16 nitrogen and oxygen atoms in total. The average Bonchev–Trinajstić information content (AvgIpc) is 2.62. The average molecular weight is 753 g/mol. The van der Waals surface area contributed by atoms with E-state index in [0.717, 1.165) is 53.9 Å². The summed E-state index contributed by atoms with van der Waals surface area (Å²) in [6.45, 7) is 8.47. The molecule has 0 aromatic heterocycles. The number of alkyl halides is 3. The van der Waals surface area contributed by atoms with Crippen molar-refractivity contribution < 1.29 is 105 Å². The number of carboxylic acid groups (broad SMARTS) is 4. The van der Waals surface area contributed by atoms with E-state index in [1.165, 1.54) is 0 Å². The Balaban J connectivity index is -0.0000000374. The van der Waals surface area contributed by atoms with Crippen LogP contribution < -0.4 is 20.4 Å². The van der Waals surface area contributed by atoms with Gasteiger partial charge in [0.25, 0.3) is 0 Å². The van der Waals surface area contributed by atoms with Gasteiger partial charge in [-0.2, -0.15) is 13.2 Å². The van der Waals surface area contributed by atoms with Crippen LogP contribution in [0.2, 0.25) is 0 Å². The second-order valence-electron chi connectivity index (χ2n) is 8.08. The van der Waals surface area contributed by atoms with E-state index in [9.17, 15) is 13.2 Å². The van der Waals surface area contributed by atoms with Crippen molar-refractivity contribution in [2.45, 2.75) is 33.2 Å². The Morgan fingerprint density at radius 1 is 0.535 bits per heavy atom. The third-order valence-corrected chi connectivity index (χ3v) is 2.84. The second kappa shape index (κ2) is 42.5. The van der Waals surface area contributed by atoms with E-state index >= 15 is 0 Å². The summed E-state index contributed by atoms with van der Waals surface area (Å²) in [5.74, 6) is -4.33. The van der Waals surface area contributed by atoms with E-state index in [2.05, 4.69) is 76.0 Å². The molecule has 0 bridgehead atoms. The quantitative estimate of drug-likeness (QED) is 0.182. The van der Waals surface area contributed by atoms with Crippen LogP contribution in [0.15, 0.2) is 0 Å². The van der Waals surface area contributed by atoms with Crippen molar-refractivity contribution in [3.8, 4) is 0 Å². The molecule has 0 radical (unpaired) electrons. The molecular weight excluding hydrogens is 707 g/mol. The molecule has 0 aliphatic carbocycles. The first kappa shape index (κ1) is 68.5. The largest absolute Gasteiger partial charge is 3.00 e. The molecule has 0 amide bonds. The maximum Gasteiger partial charge on any atom is 3.00 e. The molecule has 0 aromatic rings. The van der Waals surface area contributed by atoms with Gasteiger partial charge in [0.2, 0.25) is 0 Å². The molecule has 0 spiro atoms. The Morgan fingerprint density at radius 3 is 0.628 bits per heavy atom. The number of hydrogen-bond donors (Lipinski definition) is 0. The Hall–Kier alpha value is -1.61. The molecular formula is C21H45Co2F3N4O12S. The molecule has 0 saturated heterocycles. The van der Waals surface area contributed by atoms with Crippen LogP contribution in [0.25, 0.3) is 0 Å². The molecule has 0 fully saturated rings. The van der Waals surface area contributed by atoms with Crippen molar-refractivity contribution in [2.75, 3.05) is 82.6 Å². The molecule has 0 unspecified atom stereocenters. The summed E-state index contributed by atoms with van der Waals surface area (Å²) in [7, 11) is 10.6. The summed E-state index contributed by atoms with van der Waals surface area (Å²) in [5.41, 5.74) is -5.65. The summed E-state index contributed by atoms with van der Waals surface area (Å²) in [6, 6.07) is 0. The number of carboxylic acids is 4. The Morgan fingerprint density at radius 2 is 0.605 bits per heavy atom. The van der Waals surface area contributed by atoms with E-state index in [1.807, 2.05) is 0 Å². The number of likely N-dealkylation sites (N-methyl/N-ethyl adjacent to an activating group) is 4. The van der Waals surface area contributed by atoms with Gasteiger partial charge in [0, 0.05) is 50.1 Å². The topological polar surface area (TPSA) is 261 Å². The summed E-state index contributed by atoms with van der Waals surface area (Å²) < 4.78 is 58.9. The second-order valence-corrected chi connectivity index (χ2v) is 9.45. The molecule has 0 aromatic carbocycles. The fraction of sp³-hybridized carbons (Fsp3) is 0.810. The van der Waals surface area contributed by atoms with Gasteiger partial charge in [0.15, 0.2) is 10.1 Å². The van der Waals surface area contributed by atoms with E-state index in [1.54, 1.807) is 0 Å². The van der Waals surface area contributed by atoms with Crippen LogP contribution in [0, 0.1) is 0 Å². The standard InChI is InChI=1S/2C6H16N2.4C2H4O2.CHF3O3S.2Co.H2O/c2*1-7(2)5-6-8(3)4;4*1-2(3)4;2-1(3,4)8(5,6)7;;;/h2*5-6H2,1-4H3;4*1H3,(H,3,4);(H,5,6,7);;;1H2/q;;;;;;;2*+3;/p-6. The molecule has 266 valence electrons. The number of carbonyl (C=O) groups excluding carboxylic acids is 4. The fourth-order valence-corrected chi connectivity index (χ4v) is 0.800. The molecule has 0 aliphatic heterocycles. The van der Waals surface area contributed by atoms with Crippen LogP contribution in [0.3, 0.4) is 0 Å². The van der Waals surface area contributed by atoms with Gasteiger partial charge in [-0.05, 0) is 84.1 Å². The van der Waals surface area contributed by atoms with Gasteiger partial charge in [-0.25, -0.2) is 8.42 Å². The zero-order chi connectivity index (χ0) is 34.4. The van der Waals surface area contributed by atoms with Crippen LogP contribution in [0.4, 0.5) is 13.2 Å². The van der Waals surface area contributed by atoms with Crippen molar-refractivity contribution in [2.24, 2.45) is 0 Å². The van der Waals surface area contributed by atoms with E-state index < -0.39 is 39.5 Å². The van der Waals surface area contributed by atoms with Crippen LogP contribution in [-0.2, 0) is 62.9 Å². The zero-order valence-electron chi connectivity index (χ0n) is 26.3. The molecule has 0 atom stereocenters. The molecule has 22 heteroatoms. The smallest absolute Gasteiger partial charge is 0.870 e. The predicted octanol–water partition coefficient (Wildman–Crippen LogP) is -4.89. The number of aliphatic carboxylic acids is 4. The Bertz CT molecular complexity index is 651. The van der Waals surface area contributed by atoms with Crippen LogP contribution in [0.5, 0.6) is 0 Å². The first-order chi connectivity index (χ1) is 17.4. The Kier molecular flexibility index (Phi) is 67.8. The molecule has 0 aliphatic rings. The third kappa shape index (κ3) is 197. The zero-order valence-corrected chi connectivity index (χ0v) is 29.2. The first-order valence-electron chi connectivity index (χ1n) is 10.7. The first-order valence-corrected chi connectivity index (χ1v) is 12.2. The van der Waals surface area contributed by atoms with Gasteiger partial charge >= 0.3 is 39.1 Å². The minimum atomic E-state index is -6.09. The normalized spacial score (nSPS) is 9.12. The molecule has 0 saturated carbocycles.